The van der Waals surface area contributed by atoms with Crippen molar-refractivity contribution in [3.05, 3.63) is 110 Å². The Hall–Kier alpha value is -4.69. The molecule has 2 N–H and O–H groups in total. The Balaban J connectivity index is 0.000000837. The Morgan fingerprint density at radius 1 is 0.623 bits per heavy atom. The van der Waals surface area contributed by atoms with Crippen LogP contribution in [0.2, 0.25) is 5.02 Å². The number of nitro benzene ring substituents is 3. The Labute approximate surface area is 370 Å². The van der Waals surface area contributed by atoms with Gasteiger partial charge in [-0.2, -0.15) is 0 Å². The van der Waals surface area contributed by atoms with Crippen molar-refractivity contribution >= 4 is 40.0 Å². The van der Waals surface area contributed by atoms with Crippen LogP contribution >= 0.6 is 11.6 Å². The molecule has 3 aromatic rings. The van der Waals surface area contributed by atoms with Crippen LogP contribution in [0.1, 0.15) is 156 Å². The zero-order valence-electron chi connectivity index (χ0n) is 40.3. The molecule has 0 aliphatic heterocycles. The van der Waals surface area contributed by atoms with Crippen molar-refractivity contribution in [2.45, 2.75) is 178 Å². The zero-order valence-corrected chi connectivity index (χ0v) is 41.0. The van der Waals surface area contributed by atoms with Gasteiger partial charge in [0, 0.05) is 30.3 Å². The standard InChI is InChI=1S/C15H23N3O3.C15H24N2O2.C11H14ClNO2.C5H13N/c1-7-11(3)17(16-19)14-10(2)8-12(15(4,5)6)9-13(14)18(20)21;1-7-11(3)16-14-10(2)8-12(15(4,5)6)9-13(14)17(18)19;1-7-5-8(11(2,3)4)6-9(10(7)12)13(14)15;1-4-5(2)6-3/h8-9,11H,7H2,1-6H3;8-9,11,16H,7H2,1-6H3;5-6H,1-4H3;5-6H,4H2,1-3H3. The number of nitro groups is 3. The number of nitrogens with zero attached hydrogens (tertiary/aromatic N) is 5. The molecule has 3 unspecified atom stereocenters. The molecule has 3 aromatic carbocycles. The quantitative estimate of drug-likeness (QED) is 0.101. The van der Waals surface area contributed by atoms with Gasteiger partial charge in [-0.3, -0.25) is 30.3 Å². The Bertz CT molecular complexity index is 1950. The topological polar surface area (TPSA) is 186 Å². The minimum atomic E-state index is -0.446. The second-order valence-corrected chi connectivity index (χ2v) is 19.1. The van der Waals surface area contributed by atoms with Gasteiger partial charge in [0.1, 0.15) is 16.4 Å². The second kappa shape index (κ2) is 24.1. The van der Waals surface area contributed by atoms with Crippen LogP contribution in [0.4, 0.5) is 28.4 Å². The van der Waals surface area contributed by atoms with E-state index in [-0.39, 0.29) is 61.0 Å². The minimum absolute atomic E-state index is 0.0124. The van der Waals surface area contributed by atoms with Gasteiger partial charge >= 0.3 is 0 Å². The highest BCUT2D eigenvalue weighted by molar-refractivity contribution is 6.33. The van der Waals surface area contributed by atoms with E-state index in [1.807, 2.05) is 94.5 Å². The fraction of sp³-hybridized carbons (Fsp3) is 0.609. The van der Waals surface area contributed by atoms with Gasteiger partial charge in [-0.15, -0.1) is 4.91 Å². The summed E-state index contributed by atoms with van der Waals surface area (Å²) in [6.07, 6.45) is 2.82. The summed E-state index contributed by atoms with van der Waals surface area (Å²) in [5.74, 6) is 0. The summed E-state index contributed by atoms with van der Waals surface area (Å²) in [5.41, 5.74) is 5.77. The first-order chi connectivity index (χ1) is 27.8. The molecule has 0 saturated carbocycles. The molecular weight excluding hydrogens is 798 g/mol. The van der Waals surface area contributed by atoms with Crippen molar-refractivity contribution < 1.29 is 14.8 Å². The lowest BCUT2D eigenvalue weighted by molar-refractivity contribution is -0.384. The van der Waals surface area contributed by atoms with Crippen LogP contribution in [-0.4, -0.2) is 39.9 Å². The summed E-state index contributed by atoms with van der Waals surface area (Å²) >= 11 is 5.87. The summed E-state index contributed by atoms with van der Waals surface area (Å²) in [6.45, 7) is 35.8. The van der Waals surface area contributed by atoms with E-state index in [0.717, 1.165) is 34.2 Å². The first-order valence-corrected chi connectivity index (χ1v) is 21.3. The van der Waals surface area contributed by atoms with E-state index in [2.05, 4.69) is 57.5 Å². The van der Waals surface area contributed by atoms with E-state index in [4.69, 9.17) is 11.6 Å². The molecule has 0 aromatic heterocycles. The summed E-state index contributed by atoms with van der Waals surface area (Å²) in [6, 6.07) is 11.3. The fourth-order valence-electron chi connectivity index (χ4n) is 5.55. The van der Waals surface area contributed by atoms with Gasteiger partial charge in [0.25, 0.3) is 17.1 Å². The number of hydrogen-bond donors (Lipinski definition) is 2. The molecule has 0 aliphatic rings. The zero-order chi connectivity index (χ0) is 48.0. The predicted octanol–water partition coefficient (Wildman–Crippen LogP) is 13.8. The van der Waals surface area contributed by atoms with E-state index >= 15 is 0 Å². The van der Waals surface area contributed by atoms with Crippen LogP contribution in [0, 0.1) is 56.0 Å². The largest absolute Gasteiger partial charge is 0.377 e. The van der Waals surface area contributed by atoms with Crippen molar-refractivity contribution in [2.75, 3.05) is 17.4 Å². The van der Waals surface area contributed by atoms with Crippen LogP contribution < -0.4 is 15.6 Å². The molecule has 342 valence electrons. The third-order valence-electron chi connectivity index (χ3n) is 10.5. The van der Waals surface area contributed by atoms with Crippen molar-refractivity contribution in [1.29, 1.82) is 0 Å². The molecular formula is C46H74ClN7O7. The Kier molecular flexibility index (Phi) is 22.2. The summed E-state index contributed by atoms with van der Waals surface area (Å²) < 4.78 is 0. The molecule has 0 spiro atoms. The number of rotatable bonds is 12. The molecule has 3 rings (SSSR count). The molecule has 14 nitrogen and oxygen atoms in total. The monoisotopic (exact) mass is 872 g/mol. The Morgan fingerprint density at radius 3 is 1.33 bits per heavy atom. The van der Waals surface area contributed by atoms with Crippen molar-refractivity contribution in [2.24, 2.45) is 5.29 Å². The summed E-state index contributed by atoms with van der Waals surface area (Å²) in [4.78, 5) is 43.5. The smallest absolute Gasteiger partial charge is 0.295 e. The third-order valence-corrected chi connectivity index (χ3v) is 10.9. The van der Waals surface area contributed by atoms with Crippen LogP contribution in [0.3, 0.4) is 0 Å². The highest BCUT2D eigenvalue weighted by atomic mass is 35.5. The van der Waals surface area contributed by atoms with Gasteiger partial charge in [-0.05, 0) is 117 Å². The fourth-order valence-corrected chi connectivity index (χ4v) is 5.73. The first kappa shape index (κ1) is 56.3. The highest BCUT2D eigenvalue weighted by Gasteiger charge is 2.29. The maximum atomic E-state index is 11.4. The van der Waals surface area contributed by atoms with Gasteiger partial charge in [0.2, 0.25) is 0 Å². The highest BCUT2D eigenvalue weighted by Crippen LogP contribution is 2.39. The number of nitrogens with one attached hydrogen (secondary N) is 2. The molecule has 0 fully saturated rings. The molecule has 0 heterocycles. The van der Waals surface area contributed by atoms with Crippen molar-refractivity contribution in [3.8, 4) is 0 Å². The van der Waals surface area contributed by atoms with Crippen LogP contribution in [0.15, 0.2) is 41.7 Å². The lowest BCUT2D eigenvalue weighted by atomic mass is 9.85. The molecule has 0 bridgehead atoms. The average Bonchev–Trinajstić information content (AvgIpc) is 3.15. The predicted molar refractivity (Wildman–Crippen MR) is 255 cm³/mol. The van der Waals surface area contributed by atoms with Crippen molar-refractivity contribution in [3.63, 3.8) is 0 Å². The van der Waals surface area contributed by atoms with E-state index in [0.29, 0.717) is 23.7 Å². The third kappa shape index (κ3) is 17.3. The summed E-state index contributed by atoms with van der Waals surface area (Å²) in [5, 5.41) is 44.3. The normalized spacial score (nSPS) is 12.8. The molecule has 0 aliphatic carbocycles. The van der Waals surface area contributed by atoms with Crippen LogP contribution in [0.5, 0.6) is 0 Å². The average molecular weight is 873 g/mol. The van der Waals surface area contributed by atoms with Crippen molar-refractivity contribution in [1.82, 2.24) is 5.32 Å². The molecule has 0 amide bonds. The van der Waals surface area contributed by atoms with Crippen LogP contribution in [0.25, 0.3) is 0 Å². The number of hydrogen-bond acceptors (Lipinski definition) is 10. The van der Waals surface area contributed by atoms with E-state index in [1.54, 1.807) is 32.0 Å². The molecule has 61 heavy (non-hydrogen) atoms. The van der Waals surface area contributed by atoms with Gasteiger partial charge in [-0.1, -0.05) is 113 Å². The van der Waals surface area contributed by atoms with Crippen LogP contribution in [-0.2, 0) is 16.2 Å². The van der Waals surface area contributed by atoms with E-state index in [9.17, 15) is 35.3 Å². The number of nitroso groups, excluding NO2 is 1. The molecule has 15 heteroatoms. The Morgan fingerprint density at radius 2 is 1.00 bits per heavy atom. The first-order valence-electron chi connectivity index (χ1n) is 20.9. The molecule has 0 radical (unpaired) electrons. The number of halogens is 1. The number of anilines is 2. The van der Waals surface area contributed by atoms with Gasteiger partial charge < -0.3 is 10.6 Å². The maximum Gasteiger partial charge on any atom is 0.295 e. The number of aryl methyl sites for hydroxylation is 3. The van der Waals surface area contributed by atoms with Gasteiger partial charge in [0.15, 0.2) is 0 Å². The van der Waals surface area contributed by atoms with Gasteiger partial charge in [-0.25, -0.2) is 5.01 Å². The molecule has 0 saturated heterocycles. The van der Waals surface area contributed by atoms with E-state index < -0.39 is 9.85 Å². The minimum Gasteiger partial charge on any atom is -0.377 e. The molecule has 3 atom stereocenters. The second-order valence-electron chi connectivity index (χ2n) is 18.7. The maximum absolute atomic E-state index is 11.4. The van der Waals surface area contributed by atoms with Gasteiger partial charge in [0.05, 0.1) is 26.1 Å². The number of benzene rings is 3. The SMILES string of the molecule is CCC(C)N(N=O)c1c(C)cc(C(C)(C)C)cc1[N+](=O)[O-].CCC(C)NC.CCC(C)Nc1c(C)cc(C(C)(C)C)cc1[N+](=O)[O-].Cc1cc(C(C)(C)C)cc([N+](=O)[O-])c1Cl. The lowest BCUT2D eigenvalue weighted by Gasteiger charge is -2.26. The lowest BCUT2D eigenvalue weighted by Crippen LogP contribution is -2.28. The summed E-state index contributed by atoms with van der Waals surface area (Å²) in [7, 11) is 1.98. The van der Waals surface area contributed by atoms with E-state index in [1.165, 1.54) is 11.4 Å².